The highest BCUT2D eigenvalue weighted by Gasteiger charge is 2.18. The molecular formula is C17H24N2O. The molecule has 0 aliphatic rings. The second-order valence-electron chi connectivity index (χ2n) is 6.42. The summed E-state index contributed by atoms with van der Waals surface area (Å²) in [5, 5.41) is 0. The lowest BCUT2D eigenvalue weighted by molar-refractivity contribution is 0.570. The molecule has 0 spiro atoms. The van der Waals surface area contributed by atoms with Crippen LogP contribution >= 0.6 is 0 Å². The molecule has 3 nitrogen and oxygen atoms in total. The highest BCUT2D eigenvalue weighted by Crippen LogP contribution is 2.32. The van der Waals surface area contributed by atoms with Gasteiger partial charge < -0.3 is 10.2 Å². The molecule has 0 unspecified atom stereocenters. The number of aromatic nitrogens is 1. The van der Waals surface area contributed by atoms with Crippen LogP contribution in [0.3, 0.4) is 0 Å². The first kappa shape index (κ1) is 14.8. The minimum Gasteiger partial charge on any atom is -0.444 e. The van der Waals surface area contributed by atoms with E-state index in [1.54, 1.807) is 6.26 Å². The maximum Gasteiger partial charge on any atom is 0.226 e. The first-order valence-electron chi connectivity index (χ1n) is 7.09. The second-order valence-corrected chi connectivity index (χ2v) is 6.42. The topological polar surface area (TPSA) is 52.0 Å². The molecule has 108 valence electrons. The van der Waals surface area contributed by atoms with E-state index in [-0.39, 0.29) is 5.41 Å². The summed E-state index contributed by atoms with van der Waals surface area (Å²) in [4.78, 5) is 4.54. The van der Waals surface area contributed by atoms with Crippen LogP contribution in [0, 0.1) is 13.8 Å². The Morgan fingerprint density at radius 1 is 1.15 bits per heavy atom. The number of rotatable bonds is 3. The maximum atomic E-state index is 5.62. The summed E-state index contributed by atoms with van der Waals surface area (Å²) >= 11 is 0. The molecule has 1 heterocycles. The predicted octanol–water partition coefficient (Wildman–Crippen LogP) is 3.76. The van der Waals surface area contributed by atoms with Crippen LogP contribution in [0.1, 0.15) is 43.2 Å². The smallest absolute Gasteiger partial charge is 0.226 e. The van der Waals surface area contributed by atoms with Crippen molar-refractivity contribution in [3.63, 3.8) is 0 Å². The van der Waals surface area contributed by atoms with Gasteiger partial charge in [-0.2, -0.15) is 0 Å². The van der Waals surface area contributed by atoms with E-state index in [0.717, 1.165) is 17.7 Å². The zero-order valence-electron chi connectivity index (χ0n) is 13.1. The molecule has 0 bridgehead atoms. The number of oxazole rings is 1. The van der Waals surface area contributed by atoms with Gasteiger partial charge in [0.2, 0.25) is 5.89 Å². The van der Waals surface area contributed by atoms with Crippen LogP contribution in [0.4, 0.5) is 0 Å². The summed E-state index contributed by atoms with van der Waals surface area (Å²) in [5.41, 5.74) is 11.5. The van der Waals surface area contributed by atoms with Gasteiger partial charge in [0.1, 0.15) is 6.26 Å². The normalized spacial score (nSPS) is 11.9. The highest BCUT2D eigenvalue weighted by atomic mass is 16.3. The average molecular weight is 272 g/mol. The molecule has 2 rings (SSSR count). The fraction of sp³-hybridized carbons (Fsp3) is 0.471. The zero-order valence-corrected chi connectivity index (χ0v) is 13.1. The summed E-state index contributed by atoms with van der Waals surface area (Å²) in [6, 6.07) is 4.46. The van der Waals surface area contributed by atoms with E-state index in [0.29, 0.717) is 12.4 Å². The van der Waals surface area contributed by atoms with Crippen molar-refractivity contribution in [3.8, 4) is 11.5 Å². The van der Waals surface area contributed by atoms with E-state index < -0.39 is 0 Å². The number of benzene rings is 1. The van der Waals surface area contributed by atoms with E-state index in [2.05, 4.69) is 51.7 Å². The first-order chi connectivity index (χ1) is 9.32. The molecule has 0 atom stereocenters. The van der Waals surface area contributed by atoms with Crippen LogP contribution in [0.15, 0.2) is 22.8 Å². The summed E-state index contributed by atoms with van der Waals surface area (Å²) in [6.07, 6.45) is 2.46. The minimum absolute atomic E-state index is 0.148. The van der Waals surface area contributed by atoms with Gasteiger partial charge in [-0.1, -0.05) is 32.9 Å². The maximum absolute atomic E-state index is 5.62. The third-order valence-corrected chi connectivity index (χ3v) is 3.56. The van der Waals surface area contributed by atoms with Crippen LogP contribution in [0.2, 0.25) is 0 Å². The van der Waals surface area contributed by atoms with E-state index in [1.165, 1.54) is 16.7 Å². The van der Waals surface area contributed by atoms with E-state index in [1.807, 2.05) is 0 Å². The van der Waals surface area contributed by atoms with E-state index >= 15 is 0 Å². The lowest BCUT2D eigenvalue weighted by Gasteiger charge is -2.21. The molecule has 0 saturated carbocycles. The van der Waals surface area contributed by atoms with Crippen molar-refractivity contribution in [1.29, 1.82) is 0 Å². The van der Waals surface area contributed by atoms with Crippen molar-refractivity contribution < 1.29 is 4.42 Å². The Morgan fingerprint density at radius 2 is 1.75 bits per heavy atom. The monoisotopic (exact) mass is 272 g/mol. The second kappa shape index (κ2) is 5.41. The molecule has 2 aromatic rings. The van der Waals surface area contributed by atoms with Crippen molar-refractivity contribution in [1.82, 2.24) is 4.98 Å². The van der Waals surface area contributed by atoms with Crippen LogP contribution in [0.5, 0.6) is 0 Å². The Morgan fingerprint density at radius 3 is 2.25 bits per heavy atom. The lowest BCUT2D eigenvalue weighted by Crippen LogP contribution is -2.12. The van der Waals surface area contributed by atoms with Crippen molar-refractivity contribution in [2.24, 2.45) is 5.73 Å². The zero-order chi connectivity index (χ0) is 14.9. The Hall–Kier alpha value is -1.61. The van der Waals surface area contributed by atoms with Gasteiger partial charge >= 0.3 is 0 Å². The summed E-state index contributed by atoms with van der Waals surface area (Å²) in [6.45, 7) is 11.5. The average Bonchev–Trinajstić information content (AvgIpc) is 2.76. The molecule has 0 fully saturated rings. The van der Waals surface area contributed by atoms with Gasteiger partial charge in [-0.25, -0.2) is 4.98 Å². The van der Waals surface area contributed by atoms with Gasteiger partial charge in [0.15, 0.2) is 0 Å². The molecule has 0 aliphatic heterocycles. The molecule has 0 amide bonds. The lowest BCUT2D eigenvalue weighted by atomic mass is 9.84. The standard InChI is InChI=1S/C17H24N2O/c1-11-8-13(17(3,4)5)9-12(2)15(11)16-19-14(6-7-18)10-20-16/h8-10H,6-7,18H2,1-5H3. The number of hydrogen-bond donors (Lipinski definition) is 1. The summed E-state index contributed by atoms with van der Waals surface area (Å²) in [5.74, 6) is 0.698. The first-order valence-corrected chi connectivity index (χ1v) is 7.09. The Labute approximate surface area is 121 Å². The van der Waals surface area contributed by atoms with Crippen molar-refractivity contribution >= 4 is 0 Å². The number of aryl methyl sites for hydroxylation is 2. The van der Waals surface area contributed by atoms with Crippen molar-refractivity contribution in [2.45, 2.75) is 46.5 Å². The Balaban J connectivity index is 2.46. The molecule has 2 N–H and O–H groups in total. The minimum atomic E-state index is 0.148. The molecule has 1 aromatic carbocycles. The van der Waals surface area contributed by atoms with Gasteiger partial charge in [-0.15, -0.1) is 0 Å². The van der Waals surface area contributed by atoms with E-state index in [4.69, 9.17) is 10.2 Å². The molecule has 3 heteroatoms. The predicted molar refractivity (Wildman–Crippen MR) is 82.9 cm³/mol. The van der Waals surface area contributed by atoms with Crippen molar-refractivity contribution in [2.75, 3.05) is 6.54 Å². The van der Waals surface area contributed by atoms with Crippen LogP contribution in [0.25, 0.3) is 11.5 Å². The largest absolute Gasteiger partial charge is 0.444 e. The number of nitrogens with two attached hydrogens (primary N) is 1. The fourth-order valence-electron chi connectivity index (χ4n) is 2.42. The number of hydrogen-bond acceptors (Lipinski definition) is 3. The van der Waals surface area contributed by atoms with Crippen LogP contribution in [-0.2, 0) is 11.8 Å². The molecule has 0 aliphatic carbocycles. The summed E-state index contributed by atoms with van der Waals surface area (Å²) in [7, 11) is 0. The van der Waals surface area contributed by atoms with Gasteiger partial charge in [-0.05, 0) is 42.5 Å². The fourth-order valence-corrected chi connectivity index (χ4v) is 2.42. The van der Waals surface area contributed by atoms with Gasteiger partial charge in [0.05, 0.1) is 5.69 Å². The van der Waals surface area contributed by atoms with Gasteiger partial charge in [0, 0.05) is 12.0 Å². The molecule has 20 heavy (non-hydrogen) atoms. The SMILES string of the molecule is Cc1cc(C(C)(C)C)cc(C)c1-c1nc(CCN)co1. The molecule has 1 aromatic heterocycles. The quantitative estimate of drug-likeness (QED) is 0.925. The van der Waals surface area contributed by atoms with E-state index in [9.17, 15) is 0 Å². The highest BCUT2D eigenvalue weighted by molar-refractivity contribution is 5.64. The van der Waals surface area contributed by atoms with Crippen molar-refractivity contribution in [3.05, 3.63) is 40.8 Å². The van der Waals surface area contributed by atoms with Gasteiger partial charge in [0.25, 0.3) is 0 Å². The van der Waals surface area contributed by atoms with Crippen LogP contribution in [-0.4, -0.2) is 11.5 Å². The van der Waals surface area contributed by atoms with Gasteiger partial charge in [-0.3, -0.25) is 0 Å². The molecule has 0 radical (unpaired) electrons. The molecule has 0 saturated heterocycles. The Kier molecular flexibility index (Phi) is 4.00. The Bertz CT molecular complexity index is 583. The number of nitrogens with zero attached hydrogens (tertiary/aromatic N) is 1. The third kappa shape index (κ3) is 2.93. The van der Waals surface area contributed by atoms with Crippen LogP contribution < -0.4 is 5.73 Å². The third-order valence-electron chi connectivity index (χ3n) is 3.56. The molecular weight excluding hydrogens is 248 g/mol. The summed E-state index contributed by atoms with van der Waals surface area (Å²) < 4.78 is 5.62.